The number of aryl methyl sites for hydroxylation is 4. The van der Waals surface area contributed by atoms with Gasteiger partial charge in [-0.25, -0.2) is 8.42 Å². The molecule has 3 aromatic rings. The number of sulfonamides is 1. The summed E-state index contributed by atoms with van der Waals surface area (Å²) in [6, 6.07) is 17.8. The first kappa shape index (κ1) is 23.7. The van der Waals surface area contributed by atoms with Crippen LogP contribution in [0.25, 0.3) is 0 Å². The number of carbonyl (C=O) groups is 1. The van der Waals surface area contributed by atoms with Crippen molar-refractivity contribution in [2.24, 2.45) is 0 Å². The minimum atomic E-state index is -3.82. The van der Waals surface area contributed by atoms with Crippen LogP contribution in [0.4, 0.5) is 0 Å². The monoisotopic (exact) mass is 451 g/mol. The molecule has 6 nitrogen and oxygen atoms in total. The van der Waals surface area contributed by atoms with Gasteiger partial charge in [0.25, 0.3) is 0 Å². The smallest absolute Gasteiger partial charge is 0.244 e. The lowest BCUT2D eigenvalue weighted by Gasteiger charge is -2.25. The molecule has 0 aliphatic carbocycles. The highest BCUT2D eigenvalue weighted by Crippen LogP contribution is 2.28. The van der Waals surface area contributed by atoms with Gasteiger partial charge in [-0.1, -0.05) is 54.1 Å². The molecule has 0 bridgehead atoms. The molecule has 0 aliphatic rings. The van der Waals surface area contributed by atoms with Gasteiger partial charge >= 0.3 is 0 Å². The van der Waals surface area contributed by atoms with Gasteiger partial charge < -0.3 is 10.7 Å². The molecule has 7 heteroatoms. The maximum Gasteiger partial charge on any atom is 0.244 e. The maximum absolute atomic E-state index is 13.8. The molecule has 0 atom stereocenters. The van der Waals surface area contributed by atoms with E-state index < -0.39 is 15.9 Å². The molecule has 0 unspecified atom stereocenters. The Balaban J connectivity index is 2.04. The number of amides is 1. The Morgan fingerprint density at radius 2 is 1.47 bits per heavy atom. The Kier molecular flexibility index (Phi) is 7.13. The Morgan fingerprint density at radius 1 is 0.875 bits per heavy atom. The van der Waals surface area contributed by atoms with Gasteiger partial charge in [-0.05, 0) is 67.6 Å². The van der Waals surface area contributed by atoms with Crippen molar-refractivity contribution in [1.29, 1.82) is 0 Å². The fraction of sp³-hybridized carbons (Fsp3) is 0.240. The van der Waals surface area contributed by atoms with Crippen LogP contribution in [0, 0.1) is 32.9 Å². The highest BCUT2D eigenvalue weighted by Gasteiger charge is 2.28. The first-order chi connectivity index (χ1) is 15.1. The molecular weight excluding hydrogens is 424 g/mol. The summed E-state index contributed by atoms with van der Waals surface area (Å²) in [6.45, 7) is 7.87. The highest BCUT2D eigenvalue weighted by molar-refractivity contribution is 7.89. The molecule has 32 heavy (non-hydrogen) atoms. The number of hydroxylamine groups is 1. The summed E-state index contributed by atoms with van der Waals surface area (Å²) in [4.78, 5) is 11.9. The van der Waals surface area contributed by atoms with E-state index in [1.54, 1.807) is 12.1 Å². The summed E-state index contributed by atoms with van der Waals surface area (Å²) in [5.74, 6) is -0.730. The molecule has 0 fully saturated rings. The minimum absolute atomic E-state index is 0.128. The van der Waals surface area contributed by atoms with E-state index in [2.05, 4.69) is 0 Å². The van der Waals surface area contributed by atoms with Crippen molar-refractivity contribution in [1.82, 2.24) is 9.79 Å². The molecular formula is C25H27N2O4S-. The van der Waals surface area contributed by atoms with Gasteiger partial charge in [-0.3, -0.25) is 4.79 Å². The van der Waals surface area contributed by atoms with E-state index in [0.29, 0.717) is 21.6 Å². The molecule has 3 rings (SSSR count). The molecule has 1 N–H and O–H groups in total. The van der Waals surface area contributed by atoms with E-state index in [0.717, 1.165) is 16.7 Å². The lowest BCUT2D eigenvalue weighted by atomic mass is 10.1. The molecule has 3 aromatic carbocycles. The summed E-state index contributed by atoms with van der Waals surface area (Å²) >= 11 is 0. The van der Waals surface area contributed by atoms with Crippen LogP contribution in [0.3, 0.4) is 0 Å². The van der Waals surface area contributed by atoms with Crippen molar-refractivity contribution in [3.05, 3.63) is 105 Å². The second kappa shape index (κ2) is 9.65. The van der Waals surface area contributed by atoms with E-state index in [1.807, 2.05) is 64.1 Å². The molecule has 0 spiro atoms. The van der Waals surface area contributed by atoms with Crippen LogP contribution in [0.15, 0.2) is 65.6 Å². The fourth-order valence-corrected chi connectivity index (χ4v) is 5.75. The molecule has 0 saturated carbocycles. The van der Waals surface area contributed by atoms with Gasteiger partial charge in [-0.2, -0.15) is 4.31 Å². The van der Waals surface area contributed by atoms with E-state index >= 15 is 0 Å². The van der Waals surface area contributed by atoms with Crippen LogP contribution >= 0.6 is 0 Å². The predicted molar refractivity (Wildman–Crippen MR) is 126 cm³/mol. The lowest BCUT2D eigenvalue weighted by Crippen LogP contribution is -2.31. The Bertz CT molecular complexity index is 1210. The molecule has 168 valence electrons. The summed E-state index contributed by atoms with van der Waals surface area (Å²) in [6.07, 6.45) is 0. The van der Waals surface area contributed by atoms with E-state index in [9.17, 15) is 18.4 Å². The number of carbonyl (C=O) groups excluding carboxylic acids is 1. The third-order valence-corrected chi connectivity index (χ3v) is 7.58. The molecule has 0 aromatic heterocycles. The zero-order valence-electron chi connectivity index (χ0n) is 18.7. The van der Waals surface area contributed by atoms with Crippen LogP contribution in [0.2, 0.25) is 0 Å². The van der Waals surface area contributed by atoms with Gasteiger partial charge in [0.05, 0.1) is 4.90 Å². The minimum Gasteiger partial charge on any atom is -0.759 e. The van der Waals surface area contributed by atoms with Crippen LogP contribution in [0.5, 0.6) is 0 Å². The summed E-state index contributed by atoms with van der Waals surface area (Å²) in [7, 11) is -3.82. The number of benzene rings is 3. The van der Waals surface area contributed by atoms with Crippen molar-refractivity contribution in [2.75, 3.05) is 0 Å². The fourth-order valence-electron chi connectivity index (χ4n) is 3.93. The molecule has 0 aliphatic heterocycles. The van der Waals surface area contributed by atoms with E-state index in [-0.39, 0.29) is 18.7 Å². The average molecular weight is 452 g/mol. The second-order valence-corrected chi connectivity index (χ2v) is 9.93. The quantitative estimate of drug-likeness (QED) is 0.534. The number of hydrogen-bond acceptors (Lipinski definition) is 4. The van der Waals surface area contributed by atoms with Crippen molar-refractivity contribution in [2.45, 2.75) is 45.7 Å². The molecule has 0 saturated heterocycles. The zero-order valence-corrected chi connectivity index (χ0v) is 19.5. The maximum atomic E-state index is 13.8. The third kappa shape index (κ3) is 5.07. The van der Waals surface area contributed by atoms with Crippen molar-refractivity contribution in [3.8, 4) is 0 Å². The van der Waals surface area contributed by atoms with Crippen LogP contribution in [-0.4, -0.2) is 18.6 Å². The normalized spacial score (nSPS) is 11.6. The van der Waals surface area contributed by atoms with Crippen LogP contribution < -0.4 is 5.48 Å². The topological polar surface area (TPSA) is 89.5 Å². The number of nitrogens with one attached hydrogen (secondary N) is 1. The third-order valence-electron chi connectivity index (χ3n) is 5.48. The summed E-state index contributed by atoms with van der Waals surface area (Å²) in [5, 5.41) is 10.6. The highest BCUT2D eigenvalue weighted by atomic mass is 32.2. The molecule has 0 heterocycles. The van der Waals surface area contributed by atoms with E-state index in [1.165, 1.54) is 21.9 Å². The van der Waals surface area contributed by atoms with Crippen molar-refractivity contribution in [3.63, 3.8) is 0 Å². The number of hydrogen-bond donors (Lipinski definition) is 1. The summed E-state index contributed by atoms with van der Waals surface area (Å²) in [5.41, 5.74) is 6.64. The van der Waals surface area contributed by atoms with Crippen molar-refractivity contribution >= 4 is 15.9 Å². The first-order valence-corrected chi connectivity index (χ1v) is 11.7. The van der Waals surface area contributed by atoms with Gasteiger partial charge in [0, 0.05) is 18.7 Å². The Hall–Kier alpha value is -3.00. The van der Waals surface area contributed by atoms with Gasteiger partial charge in [-0.15, -0.1) is 0 Å². The number of rotatable bonds is 7. The first-order valence-electron chi connectivity index (χ1n) is 10.3. The SMILES string of the molecule is Cc1cc(C)c(S(=O)(=O)N(Cc2ccc(C(=O)N[O-])cc2)Cc2ccccc2C)c(C)c1. The zero-order chi connectivity index (χ0) is 23.5. The molecule has 0 radical (unpaired) electrons. The van der Waals surface area contributed by atoms with Crippen LogP contribution in [-0.2, 0) is 23.1 Å². The molecule has 1 amide bonds. The standard InChI is InChI=1S/C25H27N2O4S/c1-17-13-19(3)24(20(4)14-17)32(30,31)27(16-23-8-6-5-7-18(23)2)15-21-9-11-22(12-10-21)25(28)26-29/h5-14H,15-16H2,1-4H3,(H-,26,28,29)/q-1. The van der Waals surface area contributed by atoms with Gasteiger partial charge in [0.2, 0.25) is 15.9 Å². The predicted octanol–water partition coefficient (Wildman–Crippen LogP) is 4.54. The second-order valence-electron chi connectivity index (χ2n) is 8.06. The van der Waals surface area contributed by atoms with E-state index in [4.69, 9.17) is 0 Å². The average Bonchev–Trinajstić information content (AvgIpc) is 2.73. The van der Waals surface area contributed by atoms with Crippen LogP contribution in [0.1, 0.15) is 43.7 Å². The number of nitrogens with zero attached hydrogens (tertiary/aromatic N) is 1. The van der Waals surface area contributed by atoms with Gasteiger partial charge in [0.15, 0.2) is 0 Å². The summed E-state index contributed by atoms with van der Waals surface area (Å²) < 4.78 is 29.2. The lowest BCUT2D eigenvalue weighted by molar-refractivity contribution is 0.0970. The largest absolute Gasteiger partial charge is 0.759 e. The van der Waals surface area contributed by atoms with Gasteiger partial charge in [0.1, 0.15) is 0 Å². The Labute approximate surface area is 189 Å². The van der Waals surface area contributed by atoms with Crippen molar-refractivity contribution < 1.29 is 13.2 Å². The Morgan fingerprint density at radius 3 is 2.03 bits per heavy atom.